The number of nitrogens with zero attached hydrogens (tertiary/aromatic N) is 1. The van der Waals surface area contributed by atoms with Crippen molar-refractivity contribution in [3.63, 3.8) is 0 Å². The molecule has 0 saturated heterocycles. The van der Waals surface area contributed by atoms with Crippen LogP contribution < -0.4 is 4.74 Å². The third-order valence-electron chi connectivity index (χ3n) is 2.34. The number of aromatic hydroxyl groups is 1. The highest BCUT2D eigenvalue weighted by Gasteiger charge is 2.32. The van der Waals surface area contributed by atoms with E-state index in [1.807, 2.05) is 0 Å². The van der Waals surface area contributed by atoms with Crippen molar-refractivity contribution in [2.45, 2.75) is 6.18 Å². The number of hydrogen-bond donors (Lipinski definition) is 1. The van der Waals surface area contributed by atoms with Crippen LogP contribution in [0.1, 0.15) is 5.56 Å². The summed E-state index contributed by atoms with van der Waals surface area (Å²) in [5, 5.41) is 8.86. The zero-order valence-electron chi connectivity index (χ0n) is 9.88. The number of ether oxygens (including phenoxy) is 1. The van der Waals surface area contributed by atoms with Gasteiger partial charge in [-0.15, -0.1) is 0 Å². The maximum absolute atomic E-state index is 13.4. The summed E-state index contributed by atoms with van der Waals surface area (Å²) in [5.74, 6) is -6.95. The van der Waals surface area contributed by atoms with E-state index < -0.39 is 46.6 Å². The van der Waals surface area contributed by atoms with Crippen molar-refractivity contribution in [2.75, 3.05) is 0 Å². The molecule has 0 aliphatic carbocycles. The van der Waals surface area contributed by atoms with E-state index in [0.717, 1.165) is 0 Å². The van der Waals surface area contributed by atoms with Crippen LogP contribution in [0.4, 0.5) is 26.3 Å². The molecule has 0 aliphatic rings. The van der Waals surface area contributed by atoms with Gasteiger partial charge in [-0.2, -0.15) is 13.2 Å². The fraction of sp³-hybridized carbons (Fsp3) is 0.0833. The minimum Gasteiger partial charge on any atom is -0.503 e. The smallest absolute Gasteiger partial charge is 0.417 e. The first-order chi connectivity index (χ1) is 9.68. The zero-order valence-corrected chi connectivity index (χ0v) is 9.88. The van der Waals surface area contributed by atoms with E-state index in [0.29, 0.717) is 18.3 Å². The third-order valence-corrected chi connectivity index (χ3v) is 2.34. The Morgan fingerprint density at radius 1 is 0.952 bits per heavy atom. The lowest BCUT2D eigenvalue weighted by molar-refractivity contribution is -0.138. The summed E-state index contributed by atoms with van der Waals surface area (Å²) in [5.41, 5.74) is -1.34. The highest BCUT2D eigenvalue weighted by atomic mass is 19.4. The van der Waals surface area contributed by atoms with Crippen LogP contribution >= 0.6 is 0 Å². The highest BCUT2D eigenvalue weighted by Crippen LogP contribution is 2.33. The summed E-state index contributed by atoms with van der Waals surface area (Å²) in [4.78, 5) is 3.10. The van der Waals surface area contributed by atoms with E-state index in [-0.39, 0.29) is 6.07 Å². The lowest BCUT2D eigenvalue weighted by Gasteiger charge is -2.09. The van der Waals surface area contributed by atoms with E-state index in [2.05, 4.69) is 9.72 Å². The van der Waals surface area contributed by atoms with Crippen LogP contribution in [0, 0.1) is 17.5 Å². The number of benzene rings is 1. The van der Waals surface area contributed by atoms with Crippen molar-refractivity contribution < 1.29 is 36.2 Å². The molecule has 9 heteroatoms. The minimum absolute atomic E-state index is 0.134. The minimum atomic E-state index is -4.79. The molecule has 2 rings (SSSR count). The molecule has 0 unspecified atom stereocenters. The molecule has 3 nitrogen and oxygen atoms in total. The summed E-state index contributed by atoms with van der Waals surface area (Å²) in [6, 6.07) is 1.18. The molecule has 1 aromatic carbocycles. The van der Waals surface area contributed by atoms with Crippen LogP contribution in [0.25, 0.3) is 0 Å². The van der Waals surface area contributed by atoms with Crippen molar-refractivity contribution >= 4 is 0 Å². The van der Waals surface area contributed by atoms with Crippen LogP contribution in [-0.4, -0.2) is 10.1 Å². The lowest BCUT2D eigenvalue weighted by atomic mass is 10.2. The lowest BCUT2D eigenvalue weighted by Crippen LogP contribution is -2.07. The Bertz CT molecular complexity index is 663. The predicted molar refractivity (Wildman–Crippen MR) is 57.3 cm³/mol. The van der Waals surface area contributed by atoms with Gasteiger partial charge in [0.05, 0.1) is 5.56 Å². The molecule has 1 aromatic heterocycles. The largest absolute Gasteiger partial charge is 0.503 e. The van der Waals surface area contributed by atoms with Gasteiger partial charge in [0, 0.05) is 18.3 Å². The number of rotatable bonds is 2. The number of phenolic OH excluding ortho intramolecular Hbond substituents is 1. The number of halogens is 6. The second-order valence-corrected chi connectivity index (χ2v) is 3.85. The average molecular weight is 309 g/mol. The first kappa shape index (κ1) is 14.9. The Morgan fingerprint density at radius 3 is 2.00 bits per heavy atom. The fourth-order valence-electron chi connectivity index (χ4n) is 1.37. The van der Waals surface area contributed by atoms with Gasteiger partial charge in [-0.25, -0.2) is 18.2 Å². The van der Waals surface area contributed by atoms with E-state index in [4.69, 9.17) is 5.11 Å². The first-order valence-corrected chi connectivity index (χ1v) is 5.27. The van der Waals surface area contributed by atoms with Crippen molar-refractivity contribution in [3.8, 4) is 17.4 Å². The van der Waals surface area contributed by atoms with Gasteiger partial charge in [0.15, 0.2) is 23.2 Å². The molecule has 0 bridgehead atoms. The van der Waals surface area contributed by atoms with Crippen molar-refractivity contribution in [1.29, 1.82) is 0 Å². The van der Waals surface area contributed by atoms with Gasteiger partial charge in [0.2, 0.25) is 0 Å². The standard InChI is InChI=1S/C12H5F6NO2/c13-7-2-6(3-8(14)10(7)20)21-11-9(15)1-5(4-19-11)12(16,17)18/h1-4,20H. The Kier molecular flexibility index (Phi) is 3.67. The normalized spacial score (nSPS) is 11.5. The molecule has 112 valence electrons. The summed E-state index contributed by atoms with van der Waals surface area (Å²) < 4.78 is 81.0. The summed E-state index contributed by atoms with van der Waals surface area (Å²) in [7, 11) is 0. The molecule has 0 atom stereocenters. The Labute approximate surface area is 113 Å². The van der Waals surface area contributed by atoms with Crippen LogP contribution in [0.3, 0.4) is 0 Å². The maximum atomic E-state index is 13.4. The summed E-state index contributed by atoms with van der Waals surface area (Å²) in [6.45, 7) is 0. The van der Waals surface area contributed by atoms with Crippen LogP contribution in [-0.2, 0) is 6.18 Å². The number of alkyl halides is 3. The summed E-state index contributed by atoms with van der Waals surface area (Å²) >= 11 is 0. The predicted octanol–water partition coefficient (Wildman–Crippen LogP) is 4.02. The van der Waals surface area contributed by atoms with E-state index in [1.165, 1.54) is 0 Å². The molecular weight excluding hydrogens is 304 g/mol. The number of hydrogen-bond acceptors (Lipinski definition) is 3. The van der Waals surface area contributed by atoms with E-state index >= 15 is 0 Å². The molecule has 0 saturated carbocycles. The Balaban J connectivity index is 2.32. The maximum Gasteiger partial charge on any atom is 0.417 e. The molecule has 21 heavy (non-hydrogen) atoms. The first-order valence-electron chi connectivity index (χ1n) is 5.27. The van der Waals surface area contributed by atoms with Gasteiger partial charge in [-0.05, 0) is 6.07 Å². The van der Waals surface area contributed by atoms with Crippen molar-refractivity contribution in [3.05, 3.63) is 47.4 Å². The van der Waals surface area contributed by atoms with Crippen LogP contribution in [0.15, 0.2) is 24.4 Å². The zero-order chi connectivity index (χ0) is 15.8. The van der Waals surface area contributed by atoms with Crippen molar-refractivity contribution in [1.82, 2.24) is 4.98 Å². The topological polar surface area (TPSA) is 42.4 Å². The molecule has 0 amide bonds. The Morgan fingerprint density at radius 2 is 1.52 bits per heavy atom. The molecule has 1 N–H and O–H groups in total. The SMILES string of the molecule is Oc1c(F)cc(Oc2ncc(C(F)(F)F)cc2F)cc1F. The van der Waals surface area contributed by atoms with E-state index in [9.17, 15) is 26.3 Å². The van der Waals surface area contributed by atoms with E-state index in [1.54, 1.807) is 0 Å². The van der Waals surface area contributed by atoms with Gasteiger partial charge < -0.3 is 9.84 Å². The monoisotopic (exact) mass is 309 g/mol. The molecular formula is C12H5F6NO2. The van der Waals surface area contributed by atoms with Gasteiger partial charge in [-0.3, -0.25) is 0 Å². The molecule has 0 radical (unpaired) electrons. The second kappa shape index (κ2) is 5.15. The van der Waals surface area contributed by atoms with Crippen LogP contribution in [0.5, 0.6) is 17.4 Å². The molecule has 0 fully saturated rings. The van der Waals surface area contributed by atoms with Gasteiger partial charge in [-0.1, -0.05) is 0 Å². The number of aromatic nitrogens is 1. The van der Waals surface area contributed by atoms with Crippen LogP contribution in [0.2, 0.25) is 0 Å². The number of pyridine rings is 1. The number of phenols is 1. The molecule has 0 spiro atoms. The van der Waals surface area contributed by atoms with Gasteiger partial charge in [0.1, 0.15) is 5.75 Å². The molecule has 1 heterocycles. The van der Waals surface area contributed by atoms with Gasteiger partial charge >= 0.3 is 6.18 Å². The Hall–Kier alpha value is -2.45. The second-order valence-electron chi connectivity index (χ2n) is 3.85. The quantitative estimate of drug-likeness (QED) is 0.852. The van der Waals surface area contributed by atoms with Crippen molar-refractivity contribution in [2.24, 2.45) is 0 Å². The average Bonchev–Trinajstić information content (AvgIpc) is 2.37. The highest BCUT2D eigenvalue weighted by molar-refractivity contribution is 5.36. The molecule has 0 aliphatic heterocycles. The summed E-state index contributed by atoms with van der Waals surface area (Å²) in [6.07, 6.45) is -4.48. The van der Waals surface area contributed by atoms with Gasteiger partial charge in [0.25, 0.3) is 5.88 Å². The third kappa shape index (κ3) is 3.18. The fourth-order valence-corrected chi connectivity index (χ4v) is 1.37. The molecule has 2 aromatic rings.